The van der Waals surface area contributed by atoms with Crippen LogP contribution < -0.4 is 9.47 Å². The monoisotopic (exact) mass is 602 g/mol. The molecule has 2 atom stereocenters. The number of unbranched alkanes of at least 4 members (excludes halogenated alkanes) is 2. The van der Waals surface area contributed by atoms with Crippen molar-refractivity contribution < 1.29 is 37.5 Å². The fraction of sp³-hybridized carbons (Fsp3) is 0.657. The molecule has 8 nitrogen and oxygen atoms in total. The lowest BCUT2D eigenvalue weighted by atomic mass is 9.73. The minimum Gasteiger partial charge on any atom is -0.394 e. The topological polar surface area (TPSA) is 71.1 Å². The van der Waals surface area contributed by atoms with Crippen LogP contribution >= 0.6 is 0 Å². The number of quaternary nitrogens is 2. The molecule has 8 heteroatoms. The summed E-state index contributed by atoms with van der Waals surface area (Å²) in [5, 5.41) is 0. The number of carbonyl (C=O) groups excluding carboxylic acids is 2. The van der Waals surface area contributed by atoms with Crippen LogP contribution in [0.5, 0.6) is 11.5 Å². The van der Waals surface area contributed by atoms with E-state index < -0.39 is 12.3 Å². The SMILES string of the molecule is C=C(C)[C@@H]1CCC(C)=C[C@H]1c1c(OC(=O)OC[N+](C)(CC)CC)cc(CCCCC)cc1OC(=O)OC[N+](C)(CC)CC. The van der Waals surface area contributed by atoms with Gasteiger partial charge >= 0.3 is 12.3 Å². The lowest BCUT2D eigenvalue weighted by Gasteiger charge is -2.33. The first-order valence-corrected chi connectivity index (χ1v) is 16.2. The Bertz CT molecular complexity index is 1060. The molecule has 1 aromatic carbocycles. The van der Waals surface area contributed by atoms with Gasteiger partial charge in [0, 0.05) is 11.5 Å². The van der Waals surface area contributed by atoms with Gasteiger partial charge in [0.15, 0.2) is 0 Å². The molecule has 0 radical (unpaired) electrons. The van der Waals surface area contributed by atoms with Gasteiger partial charge in [0.2, 0.25) is 13.5 Å². The van der Waals surface area contributed by atoms with Gasteiger partial charge < -0.3 is 18.9 Å². The summed E-state index contributed by atoms with van der Waals surface area (Å²) in [7, 11) is 4.08. The van der Waals surface area contributed by atoms with E-state index in [2.05, 4.69) is 54.2 Å². The zero-order valence-electron chi connectivity index (χ0n) is 28.4. The summed E-state index contributed by atoms with van der Waals surface area (Å²) in [6.45, 7) is 22.5. The van der Waals surface area contributed by atoms with Crippen LogP contribution in [0.1, 0.15) is 97.6 Å². The van der Waals surface area contributed by atoms with E-state index in [9.17, 15) is 9.59 Å². The molecule has 242 valence electrons. The number of nitrogens with zero attached hydrogens (tertiary/aromatic N) is 2. The van der Waals surface area contributed by atoms with Crippen LogP contribution in [0.3, 0.4) is 0 Å². The highest BCUT2D eigenvalue weighted by atomic mass is 16.7. The molecule has 0 aliphatic heterocycles. The van der Waals surface area contributed by atoms with E-state index >= 15 is 0 Å². The molecule has 1 aliphatic carbocycles. The molecular weight excluding hydrogens is 544 g/mol. The van der Waals surface area contributed by atoms with Gasteiger partial charge in [-0.2, -0.15) is 0 Å². The summed E-state index contributed by atoms with van der Waals surface area (Å²) in [4.78, 5) is 26.3. The summed E-state index contributed by atoms with van der Waals surface area (Å²) in [6.07, 6.45) is 6.37. The maximum Gasteiger partial charge on any atom is 0.518 e. The Hall–Kier alpha value is -2.84. The van der Waals surface area contributed by atoms with E-state index in [-0.39, 0.29) is 25.3 Å². The molecule has 0 saturated heterocycles. The third-order valence-electron chi connectivity index (χ3n) is 9.37. The van der Waals surface area contributed by atoms with Crippen molar-refractivity contribution in [1.82, 2.24) is 0 Å². The van der Waals surface area contributed by atoms with Crippen LogP contribution in [-0.4, -0.2) is 75.0 Å². The molecule has 0 aromatic heterocycles. The molecule has 1 aromatic rings. The molecule has 0 fully saturated rings. The van der Waals surface area contributed by atoms with Gasteiger partial charge in [-0.1, -0.05) is 43.6 Å². The van der Waals surface area contributed by atoms with Crippen molar-refractivity contribution in [2.24, 2.45) is 5.92 Å². The number of hydrogen-bond donors (Lipinski definition) is 0. The van der Waals surface area contributed by atoms with Gasteiger partial charge in [-0.25, -0.2) is 9.59 Å². The Labute approximate surface area is 260 Å². The van der Waals surface area contributed by atoms with E-state index in [1.54, 1.807) is 0 Å². The minimum atomic E-state index is -0.769. The predicted molar refractivity (Wildman–Crippen MR) is 172 cm³/mol. The number of ether oxygens (including phenoxy) is 4. The zero-order chi connectivity index (χ0) is 32.2. The van der Waals surface area contributed by atoms with Crippen molar-refractivity contribution in [2.75, 3.05) is 53.7 Å². The van der Waals surface area contributed by atoms with Crippen molar-refractivity contribution in [3.63, 3.8) is 0 Å². The minimum absolute atomic E-state index is 0.0895. The van der Waals surface area contributed by atoms with E-state index in [0.29, 0.717) is 26.0 Å². The summed E-state index contributed by atoms with van der Waals surface area (Å²) >= 11 is 0. The summed E-state index contributed by atoms with van der Waals surface area (Å²) in [6, 6.07) is 3.82. The fourth-order valence-corrected chi connectivity index (χ4v) is 5.25. The van der Waals surface area contributed by atoms with Gasteiger partial charge in [0.1, 0.15) is 11.5 Å². The van der Waals surface area contributed by atoms with E-state index in [4.69, 9.17) is 18.9 Å². The first-order chi connectivity index (χ1) is 20.3. The van der Waals surface area contributed by atoms with Gasteiger partial charge in [0.25, 0.3) is 0 Å². The second-order valence-electron chi connectivity index (χ2n) is 12.7. The van der Waals surface area contributed by atoms with Crippen LogP contribution in [0.2, 0.25) is 0 Å². The Kier molecular flexibility index (Phi) is 14.3. The number of rotatable bonds is 16. The smallest absolute Gasteiger partial charge is 0.394 e. The maximum atomic E-state index is 13.2. The molecule has 0 unspecified atom stereocenters. The van der Waals surface area contributed by atoms with Crippen LogP contribution in [-0.2, 0) is 15.9 Å². The lowest BCUT2D eigenvalue weighted by molar-refractivity contribution is -0.922. The van der Waals surface area contributed by atoms with Crippen LogP contribution in [0, 0.1) is 5.92 Å². The van der Waals surface area contributed by atoms with Crippen molar-refractivity contribution >= 4 is 12.3 Å². The van der Waals surface area contributed by atoms with E-state index in [1.165, 1.54) is 5.57 Å². The van der Waals surface area contributed by atoms with Crippen molar-refractivity contribution in [2.45, 2.75) is 92.9 Å². The van der Waals surface area contributed by atoms with Gasteiger partial charge in [0.05, 0.1) is 40.3 Å². The summed E-state index contributed by atoms with van der Waals surface area (Å²) in [5.74, 6) is 0.607. The Balaban J connectivity index is 2.61. The summed E-state index contributed by atoms with van der Waals surface area (Å²) < 4.78 is 24.4. The molecule has 0 N–H and O–H groups in total. The second-order valence-corrected chi connectivity index (χ2v) is 12.7. The molecule has 1 aliphatic rings. The molecule has 2 rings (SSSR count). The third-order valence-corrected chi connectivity index (χ3v) is 9.37. The van der Waals surface area contributed by atoms with Crippen molar-refractivity contribution in [3.05, 3.63) is 47.1 Å². The molecular formula is C35H58N2O6+2. The average Bonchev–Trinajstić information content (AvgIpc) is 2.98. The first kappa shape index (κ1) is 36.4. The lowest BCUT2D eigenvalue weighted by Crippen LogP contribution is -2.46. The first-order valence-electron chi connectivity index (χ1n) is 16.2. The van der Waals surface area contributed by atoms with Gasteiger partial charge in [-0.05, 0) is 90.8 Å². The van der Waals surface area contributed by atoms with Crippen LogP contribution in [0.4, 0.5) is 9.59 Å². The average molecular weight is 603 g/mol. The number of hydrogen-bond acceptors (Lipinski definition) is 6. The highest BCUT2D eigenvalue weighted by molar-refractivity contribution is 5.69. The van der Waals surface area contributed by atoms with Crippen LogP contribution in [0.15, 0.2) is 35.9 Å². The largest absolute Gasteiger partial charge is 0.518 e. The van der Waals surface area contributed by atoms with Gasteiger partial charge in [-0.15, -0.1) is 0 Å². The zero-order valence-corrected chi connectivity index (χ0v) is 28.4. The van der Waals surface area contributed by atoms with Gasteiger partial charge in [-0.3, -0.25) is 8.97 Å². The Morgan fingerprint density at radius 3 is 1.77 bits per heavy atom. The third kappa shape index (κ3) is 10.7. The molecule has 43 heavy (non-hydrogen) atoms. The molecule has 0 bridgehead atoms. The maximum absolute atomic E-state index is 13.2. The standard InChI is InChI=1S/C35H58N2O6/c1-11-16-17-18-28-22-31(42-34(38)40-24-36(9,12-2)13-3)33(30-21-27(8)19-20-29(30)26(6)7)32(23-28)43-35(39)41-25-37(10,14-4)15-5/h21-23,29-30H,6,11-20,24-25H2,1-5,7-10H3/q+2/t29-,30+/m0/s1. The van der Waals surface area contributed by atoms with Crippen LogP contribution in [0.25, 0.3) is 0 Å². The molecule has 0 saturated carbocycles. The Morgan fingerprint density at radius 1 is 0.860 bits per heavy atom. The number of aryl methyl sites for hydroxylation is 1. The molecule has 0 amide bonds. The summed E-state index contributed by atoms with van der Waals surface area (Å²) in [5.41, 5.74) is 3.83. The number of allylic oxidation sites excluding steroid dienone is 3. The fourth-order valence-electron chi connectivity index (χ4n) is 5.25. The van der Waals surface area contributed by atoms with Crippen molar-refractivity contribution in [3.8, 4) is 11.5 Å². The quantitative estimate of drug-likeness (QED) is 0.0473. The normalized spacial score (nSPS) is 17.2. The van der Waals surface area contributed by atoms with E-state index in [1.807, 2.05) is 33.2 Å². The van der Waals surface area contributed by atoms with E-state index in [0.717, 1.165) is 75.8 Å². The second kappa shape index (κ2) is 16.9. The molecule has 0 spiro atoms. The number of benzene rings is 1. The highest BCUT2D eigenvalue weighted by Gasteiger charge is 2.33. The molecule has 0 heterocycles. The predicted octanol–water partition coefficient (Wildman–Crippen LogP) is 8.35. The van der Waals surface area contributed by atoms with Crippen molar-refractivity contribution in [1.29, 1.82) is 0 Å². The Morgan fingerprint density at radius 2 is 1.35 bits per heavy atom. The number of carbonyl (C=O) groups is 2. The highest BCUT2D eigenvalue weighted by Crippen LogP contribution is 2.47.